The van der Waals surface area contributed by atoms with Crippen molar-refractivity contribution in [2.24, 2.45) is 0 Å². The fraction of sp³-hybridized carbons (Fsp3) is 0.0189. The minimum Gasteiger partial charge on any atom is -0.356 e. The molecule has 0 spiro atoms. The van der Waals surface area contributed by atoms with E-state index in [0.717, 1.165) is 28.4 Å². The molecule has 10 rings (SSSR count). The molecular weight excluding hydrogens is 665 g/mol. The van der Waals surface area contributed by atoms with Gasteiger partial charge >= 0.3 is 0 Å². The average molecular weight is 703 g/mol. The van der Waals surface area contributed by atoms with Crippen LogP contribution >= 0.6 is 0 Å². The van der Waals surface area contributed by atoms with Crippen molar-refractivity contribution in [1.29, 1.82) is 0 Å². The van der Waals surface area contributed by atoms with Crippen LogP contribution < -0.4 is 10.2 Å². The van der Waals surface area contributed by atoms with E-state index in [-0.39, 0.29) is 0 Å². The first-order valence-electron chi connectivity index (χ1n) is 18.9. The maximum atomic E-state index is 3.69. The van der Waals surface area contributed by atoms with E-state index in [1.807, 2.05) is 0 Å². The van der Waals surface area contributed by atoms with Crippen LogP contribution in [0.5, 0.6) is 0 Å². The van der Waals surface area contributed by atoms with Crippen molar-refractivity contribution in [1.82, 2.24) is 0 Å². The molecule has 0 aliphatic heterocycles. The number of anilines is 5. The second-order valence-electron chi connectivity index (χ2n) is 14.4. The summed E-state index contributed by atoms with van der Waals surface area (Å²) >= 11 is 0. The van der Waals surface area contributed by atoms with Gasteiger partial charge in [-0.1, -0.05) is 139 Å². The SMILES string of the molecule is Cc1ccc(N(c2ccccc2)c2ccc3c(-c4ccc5ccccc5c4)c4cc(Nc5ccccc5)ccc4c(-c4ccc5ccccc5c4)c3c2)cc1. The molecule has 2 nitrogen and oxygen atoms in total. The van der Waals surface area contributed by atoms with E-state index in [1.165, 1.54) is 70.9 Å². The number of aryl methyl sites for hydroxylation is 1. The molecule has 0 bridgehead atoms. The largest absolute Gasteiger partial charge is 0.356 e. The van der Waals surface area contributed by atoms with Gasteiger partial charge in [0, 0.05) is 28.4 Å². The van der Waals surface area contributed by atoms with Crippen LogP contribution in [0.25, 0.3) is 65.3 Å². The lowest BCUT2D eigenvalue weighted by Gasteiger charge is -2.27. The van der Waals surface area contributed by atoms with Crippen LogP contribution in [-0.4, -0.2) is 0 Å². The van der Waals surface area contributed by atoms with Gasteiger partial charge in [-0.25, -0.2) is 0 Å². The Morgan fingerprint density at radius 2 is 0.818 bits per heavy atom. The van der Waals surface area contributed by atoms with Crippen LogP contribution in [0.15, 0.2) is 206 Å². The third-order valence-electron chi connectivity index (χ3n) is 10.8. The molecule has 0 aliphatic carbocycles. The summed E-state index contributed by atoms with van der Waals surface area (Å²) in [5.41, 5.74) is 11.5. The third kappa shape index (κ3) is 6.04. The lowest BCUT2D eigenvalue weighted by Crippen LogP contribution is -2.10. The molecule has 1 N–H and O–H groups in total. The molecule has 0 aliphatic rings. The lowest BCUT2D eigenvalue weighted by atomic mass is 9.84. The minimum atomic E-state index is 1.05. The summed E-state index contributed by atoms with van der Waals surface area (Å²) < 4.78 is 0. The van der Waals surface area contributed by atoms with Crippen molar-refractivity contribution in [3.63, 3.8) is 0 Å². The average Bonchev–Trinajstić information content (AvgIpc) is 3.24. The van der Waals surface area contributed by atoms with Crippen LogP contribution in [0.4, 0.5) is 28.4 Å². The van der Waals surface area contributed by atoms with Crippen molar-refractivity contribution in [3.05, 3.63) is 212 Å². The third-order valence-corrected chi connectivity index (χ3v) is 10.8. The summed E-state index contributed by atoms with van der Waals surface area (Å²) in [5, 5.41) is 13.5. The zero-order valence-corrected chi connectivity index (χ0v) is 30.6. The van der Waals surface area contributed by atoms with Crippen molar-refractivity contribution in [2.75, 3.05) is 10.2 Å². The van der Waals surface area contributed by atoms with E-state index in [1.54, 1.807) is 0 Å². The van der Waals surface area contributed by atoms with Crippen molar-refractivity contribution >= 4 is 71.5 Å². The number of hydrogen-bond acceptors (Lipinski definition) is 2. The molecule has 0 saturated carbocycles. The number of rotatable bonds is 7. The van der Waals surface area contributed by atoms with Gasteiger partial charge in [-0.2, -0.15) is 0 Å². The van der Waals surface area contributed by atoms with E-state index < -0.39 is 0 Å². The van der Waals surface area contributed by atoms with Gasteiger partial charge in [0.15, 0.2) is 0 Å². The molecule has 0 heterocycles. The summed E-state index contributed by atoms with van der Waals surface area (Å²) in [6.45, 7) is 2.14. The molecule has 10 aromatic carbocycles. The van der Waals surface area contributed by atoms with E-state index in [0.29, 0.717) is 0 Å². The molecule has 0 saturated heterocycles. The number of nitrogens with zero attached hydrogens (tertiary/aromatic N) is 1. The highest BCUT2D eigenvalue weighted by Crippen LogP contribution is 2.48. The molecular formula is C53H38N2. The standard InChI is InChI=1S/C53H38N2/c1-36-20-27-46(28-21-36)55(45-18-6-3-7-19-45)47-29-31-49-51(35-47)53(42-25-23-38-13-9-11-15-40(38)33-42)48-30-26-44(54-43-16-4-2-5-17-43)34-50(48)52(49)41-24-22-37-12-8-10-14-39(37)32-41/h2-35,54H,1H3. The Hall–Kier alpha value is -7.16. The van der Waals surface area contributed by atoms with Crippen LogP contribution in [0.2, 0.25) is 0 Å². The first kappa shape index (κ1) is 32.5. The van der Waals surface area contributed by atoms with Gasteiger partial charge in [-0.15, -0.1) is 0 Å². The number of nitrogens with one attached hydrogen (secondary N) is 1. The predicted octanol–water partition coefficient (Wildman–Crippen LogP) is 15.2. The van der Waals surface area contributed by atoms with Gasteiger partial charge in [-0.05, 0) is 145 Å². The van der Waals surface area contributed by atoms with Gasteiger partial charge in [0.25, 0.3) is 0 Å². The van der Waals surface area contributed by atoms with Gasteiger partial charge in [0.2, 0.25) is 0 Å². The van der Waals surface area contributed by atoms with E-state index in [4.69, 9.17) is 0 Å². The molecule has 0 radical (unpaired) electrons. The highest BCUT2D eigenvalue weighted by molar-refractivity contribution is 6.23. The van der Waals surface area contributed by atoms with Crippen LogP contribution in [0.3, 0.4) is 0 Å². The van der Waals surface area contributed by atoms with Gasteiger partial charge in [0.1, 0.15) is 0 Å². The number of benzene rings is 10. The molecule has 2 heteroatoms. The molecule has 0 amide bonds. The topological polar surface area (TPSA) is 15.3 Å². The Kier molecular flexibility index (Phi) is 8.08. The summed E-state index contributed by atoms with van der Waals surface area (Å²) in [4.78, 5) is 2.37. The zero-order chi connectivity index (χ0) is 36.7. The zero-order valence-electron chi connectivity index (χ0n) is 30.6. The van der Waals surface area contributed by atoms with Crippen LogP contribution in [0, 0.1) is 6.92 Å². The van der Waals surface area contributed by atoms with Crippen molar-refractivity contribution in [2.45, 2.75) is 6.92 Å². The summed E-state index contributed by atoms with van der Waals surface area (Å²) in [7, 11) is 0. The van der Waals surface area contributed by atoms with Crippen molar-refractivity contribution in [3.8, 4) is 22.3 Å². The Bertz CT molecular complexity index is 3000. The quantitative estimate of drug-likeness (QED) is 0.166. The number of para-hydroxylation sites is 2. The van der Waals surface area contributed by atoms with Gasteiger partial charge < -0.3 is 10.2 Å². The lowest BCUT2D eigenvalue weighted by molar-refractivity contribution is 1.28. The summed E-state index contributed by atoms with van der Waals surface area (Å²) in [6.07, 6.45) is 0. The predicted molar refractivity (Wildman–Crippen MR) is 236 cm³/mol. The normalized spacial score (nSPS) is 11.4. The molecule has 10 aromatic rings. The Balaban J connectivity index is 1.31. The van der Waals surface area contributed by atoms with Crippen LogP contribution in [-0.2, 0) is 0 Å². The fourth-order valence-electron chi connectivity index (χ4n) is 8.15. The number of hydrogen-bond donors (Lipinski definition) is 1. The number of fused-ring (bicyclic) bond motifs is 4. The van der Waals surface area contributed by atoms with Gasteiger partial charge in [0.05, 0.1) is 0 Å². The minimum absolute atomic E-state index is 1.05. The molecule has 55 heavy (non-hydrogen) atoms. The van der Waals surface area contributed by atoms with Crippen LogP contribution in [0.1, 0.15) is 5.56 Å². The molecule has 260 valence electrons. The van der Waals surface area contributed by atoms with Crippen molar-refractivity contribution < 1.29 is 0 Å². The van der Waals surface area contributed by atoms with Gasteiger partial charge in [-0.3, -0.25) is 0 Å². The van der Waals surface area contributed by atoms with E-state index in [9.17, 15) is 0 Å². The summed E-state index contributed by atoms with van der Waals surface area (Å²) in [6, 6.07) is 75.0. The monoisotopic (exact) mass is 702 g/mol. The molecule has 0 atom stereocenters. The second kappa shape index (κ2) is 13.7. The Labute approximate surface area is 321 Å². The smallest absolute Gasteiger partial charge is 0.0468 e. The maximum Gasteiger partial charge on any atom is 0.0468 e. The molecule has 0 aromatic heterocycles. The first-order chi connectivity index (χ1) is 27.2. The fourth-order valence-corrected chi connectivity index (χ4v) is 8.15. The molecule has 0 unspecified atom stereocenters. The second-order valence-corrected chi connectivity index (χ2v) is 14.4. The highest BCUT2D eigenvalue weighted by Gasteiger charge is 2.21. The maximum absolute atomic E-state index is 3.69. The molecule has 0 fully saturated rings. The van der Waals surface area contributed by atoms with E-state index in [2.05, 4.69) is 223 Å². The highest BCUT2D eigenvalue weighted by atomic mass is 15.1. The Morgan fingerprint density at radius 1 is 0.327 bits per heavy atom. The first-order valence-corrected chi connectivity index (χ1v) is 18.9. The van der Waals surface area contributed by atoms with E-state index >= 15 is 0 Å². The summed E-state index contributed by atoms with van der Waals surface area (Å²) in [5.74, 6) is 0. The Morgan fingerprint density at radius 3 is 1.44 bits per heavy atom.